The van der Waals surface area contributed by atoms with Crippen molar-refractivity contribution in [2.24, 2.45) is 5.92 Å². The minimum atomic E-state index is -0.318. The van der Waals surface area contributed by atoms with E-state index >= 15 is 0 Å². The SMILES string of the molecule is C=C(C)C(=O)OC(C=C(C)C)C(C)C. The Bertz CT molecular complexity index is 245. The van der Waals surface area contributed by atoms with Crippen LogP contribution in [-0.4, -0.2) is 12.1 Å². The molecule has 0 aromatic carbocycles. The third-order valence-corrected chi connectivity index (χ3v) is 1.75. The van der Waals surface area contributed by atoms with Gasteiger partial charge in [0.15, 0.2) is 0 Å². The van der Waals surface area contributed by atoms with Gasteiger partial charge >= 0.3 is 5.97 Å². The Balaban J connectivity index is 4.47. The van der Waals surface area contributed by atoms with Gasteiger partial charge in [0.2, 0.25) is 0 Å². The van der Waals surface area contributed by atoms with Gasteiger partial charge in [0.25, 0.3) is 0 Å². The van der Waals surface area contributed by atoms with E-state index in [9.17, 15) is 4.79 Å². The van der Waals surface area contributed by atoms with Crippen LogP contribution in [0.2, 0.25) is 0 Å². The molecule has 2 heteroatoms. The summed E-state index contributed by atoms with van der Waals surface area (Å²) >= 11 is 0. The van der Waals surface area contributed by atoms with Crippen LogP contribution in [-0.2, 0) is 9.53 Å². The van der Waals surface area contributed by atoms with E-state index in [-0.39, 0.29) is 18.0 Å². The van der Waals surface area contributed by atoms with E-state index in [0.717, 1.165) is 5.57 Å². The van der Waals surface area contributed by atoms with E-state index in [1.807, 2.05) is 33.8 Å². The van der Waals surface area contributed by atoms with Crippen molar-refractivity contribution in [1.29, 1.82) is 0 Å². The largest absolute Gasteiger partial charge is 0.455 e. The van der Waals surface area contributed by atoms with Crippen molar-refractivity contribution >= 4 is 5.97 Å². The second-order valence-corrected chi connectivity index (χ2v) is 4.14. The lowest BCUT2D eigenvalue weighted by Gasteiger charge is -2.18. The zero-order chi connectivity index (χ0) is 11.3. The van der Waals surface area contributed by atoms with Crippen LogP contribution in [0.3, 0.4) is 0 Å². The Hall–Kier alpha value is -1.05. The second-order valence-electron chi connectivity index (χ2n) is 4.14. The van der Waals surface area contributed by atoms with Crippen LogP contribution in [0, 0.1) is 5.92 Å². The first-order valence-electron chi connectivity index (χ1n) is 4.86. The molecule has 0 radical (unpaired) electrons. The van der Waals surface area contributed by atoms with Gasteiger partial charge in [0, 0.05) is 5.57 Å². The van der Waals surface area contributed by atoms with E-state index in [4.69, 9.17) is 4.74 Å². The molecule has 0 aliphatic heterocycles. The number of esters is 1. The van der Waals surface area contributed by atoms with Gasteiger partial charge in [-0.25, -0.2) is 4.79 Å². The Morgan fingerprint density at radius 3 is 2.07 bits per heavy atom. The summed E-state index contributed by atoms with van der Waals surface area (Å²) in [6.07, 6.45) is 1.81. The summed E-state index contributed by atoms with van der Waals surface area (Å²) in [5.41, 5.74) is 1.59. The molecule has 0 rings (SSSR count). The molecule has 14 heavy (non-hydrogen) atoms. The minimum absolute atomic E-state index is 0.149. The van der Waals surface area contributed by atoms with Gasteiger partial charge in [-0.1, -0.05) is 26.0 Å². The smallest absolute Gasteiger partial charge is 0.333 e. The molecule has 0 spiro atoms. The molecule has 0 amide bonds. The van der Waals surface area contributed by atoms with Gasteiger partial charge in [-0.3, -0.25) is 0 Å². The van der Waals surface area contributed by atoms with Crippen LogP contribution in [0.1, 0.15) is 34.6 Å². The van der Waals surface area contributed by atoms with E-state index in [1.165, 1.54) is 0 Å². The molecule has 1 unspecified atom stereocenters. The fourth-order valence-electron chi connectivity index (χ4n) is 0.915. The number of hydrogen-bond donors (Lipinski definition) is 0. The van der Waals surface area contributed by atoms with Crippen molar-refractivity contribution in [3.05, 3.63) is 23.8 Å². The monoisotopic (exact) mass is 196 g/mol. The molecule has 2 nitrogen and oxygen atoms in total. The van der Waals surface area contributed by atoms with Crippen molar-refractivity contribution in [3.63, 3.8) is 0 Å². The van der Waals surface area contributed by atoms with Gasteiger partial charge in [0.05, 0.1) is 0 Å². The molecule has 80 valence electrons. The fourth-order valence-corrected chi connectivity index (χ4v) is 0.915. The molecule has 0 aliphatic carbocycles. The van der Waals surface area contributed by atoms with Crippen molar-refractivity contribution in [2.75, 3.05) is 0 Å². The van der Waals surface area contributed by atoms with Crippen molar-refractivity contribution in [3.8, 4) is 0 Å². The molecule has 0 saturated carbocycles. The number of carbonyl (C=O) groups is 1. The molecule has 0 fully saturated rings. The van der Waals surface area contributed by atoms with Gasteiger partial charge in [-0.05, 0) is 32.8 Å². The highest BCUT2D eigenvalue weighted by atomic mass is 16.5. The molecule has 0 saturated heterocycles. The summed E-state index contributed by atoms with van der Waals surface area (Å²) in [6, 6.07) is 0. The van der Waals surface area contributed by atoms with E-state index in [2.05, 4.69) is 6.58 Å². The van der Waals surface area contributed by atoms with Crippen LogP contribution < -0.4 is 0 Å². The maximum Gasteiger partial charge on any atom is 0.333 e. The van der Waals surface area contributed by atoms with Crippen molar-refractivity contribution in [1.82, 2.24) is 0 Å². The lowest BCUT2D eigenvalue weighted by molar-refractivity contribution is -0.143. The molecular formula is C12H20O2. The number of rotatable bonds is 4. The standard InChI is InChI=1S/C12H20O2/c1-8(2)7-11(9(3)4)14-12(13)10(5)6/h7,9,11H,5H2,1-4,6H3. The predicted molar refractivity (Wildman–Crippen MR) is 59.0 cm³/mol. The highest BCUT2D eigenvalue weighted by Crippen LogP contribution is 2.12. The van der Waals surface area contributed by atoms with E-state index < -0.39 is 0 Å². The van der Waals surface area contributed by atoms with Crippen LogP contribution >= 0.6 is 0 Å². The first-order valence-corrected chi connectivity index (χ1v) is 4.86. The molecule has 0 bridgehead atoms. The Morgan fingerprint density at radius 2 is 1.79 bits per heavy atom. The molecule has 0 aromatic rings. The maximum absolute atomic E-state index is 11.3. The summed E-state index contributed by atoms with van der Waals surface area (Å²) in [6.45, 7) is 13.2. The summed E-state index contributed by atoms with van der Waals surface area (Å²) in [5, 5.41) is 0. The minimum Gasteiger partial charge on any atom is -0.455 e. The summed E-state index contributed by atoms with van der Waals surface area (Å²) in [4.78, 5) is 11.3. The third kappa shape index (κ3) is 4.85. The van der Waals surface area contributed by atoms with Crippen LogP contribution in [0.15, 0.2) is 23.8 Å². The first kappa shape index (κ1) is 12.9. The average molecular weight is 196 g/mol. The Labute approximate surface area is 86.6 Å². The normalized spacial score (nSPS) is 12.1. The summed E-state index contributed by atoms with van der Waals surface area (Å²) in [5.74, 6) is -0.0330. The molecule has 0 heterocycles. The Morgan fingerprint density at radius 1 is 1.29 bits per heavy atom. The van der Waals surface area contributed by atoms with Crippen LogP contribution in [0.4, 0.5) is 0 Å². The topological polar surface area (TPSA) is 26.3 Å². The molecule has 0 aromatic heterocycles. The number of allylic oxidation sites excluding steroid dienone is 1. The molecule has 0 N–H and O–H groups in total. The van der Waals surface area contributed by atoms with E-state index in [1.54, 1.807) is 6.92 Å². The summed E-state index contributed by atoms with van der Waals surface area (Å²) < 4.78 is 5.27. The average Bonchev–Trinajstić information content (AvgIpc) is 2.01. The lowest BCUT2D eigenvalue weighted by atomic mass is 10.1. The summed E-state index contributed by atoms with van der Waals surface area (Å²) in [7, 11) is 0. The quantitative estimate of drug-likeness (QED) is 0.392. The zero-order valence-corrected chi connectivity index (χ0v) is 9.76. The zero-order valence-electron chi connectivity index (χ0n) is 9.76. The number of hydrogen-bond acceptors (Lipinski definition) is 2. The van der Waals surface area contributed by atoms with Crippen molar-refractivity contribution < 1.29 is 9.53 Å². The van der Waals surface area contributed by atoms with Crippen LogP contribution in [0.25, 0.3) is 0 Å². The number of ether oxygens (including phenoxy) is 1. The van der Waals surface area contributed by atoms with Gasteiger partial charge < -0.3 is 4.74 Å². The Kier molecular flexibility index (Phi) is 5.21. The first-order chi connectivity index (χ1) is 6.34. The molecule has 1 atom stereocenters. The van der Waals surface area contributed by atoms with Gasteiger partial charge in [-0.15, -0.1) is 0 Å². The maximum atomic E-state index is 11.3. The molecular weight excluding hydrogens is 176 g/mol. The van der Waals surface area contributed by atoms with Crippen molar-refractivity contribution in [2.45, 2.75) is 40.7 Å². The number of carbonyl (C=O) groups excluding carboxylic acids is 1. The highest BCUT2D eigenvalue weighted by molar-refractivity contribution is 5.87. The second kappa shape index (κ2) is 5.63. The third-order valence-electron chi connectivity index (χ3n) is 1.75. The molecule has 0 aliphatic rings. The highest BCUT2D eigenvalue weighted by Gasteiger charge is 2.15. The fraction of sp³-hybridized carbons (Fsp3) is 0.583. The van der Waals surface area contributed by atoms with Gasteiger partial charge in [0.1, 0.15) is 6.10 Å². The lowest BCUT2D eigenvalue weighted by Crippen LogP contribution is -2.22. The predicted octanol–water partition coefficient (Wildman–Crippen LogP) is 3.10. The van der Waals surface area contributed by atoms with Gasteiger partial charge in [-0.2, -0.15) is 0 Å². The van der Waals surface area contributed by atoms with E-state index in [0.29, 0.717) is 5.57 Å². The van der Waals surface area contributed by atoms with Crippen LogP contribution in [0.5, 0.6) is 0 Å².